The highest BCUT2D eigenvalue weighted by Crippen LogP contribution is 2.31. The van der Waals surface area contributed by atoms with E-state index in [4.69, 9.17) is 21.6 Å². The fraction of sp³-hybridized carbons (Fsp3) is 0.351. The van der Waals surface area contributed by atoms with Gasteiger partial charge in [-0.2, -0.15) is 5.21 Å². The number of ketones is 1. The molecule has 0 saturated heterocycles. The molecule has 0 radical (unpaired) electrons. The maximum absolute atomic E-state index is 13.3. The van der Waals surface area contributed by atoms with Gasteiger partial charge in [-0.05, 0) is 72.5 Å². The maximum Gasteiger partial charge on any atom is 0.320 e. The SMILES string of the molecule is CCCCC1=C(Cc2ccc(-c3ccccc3-c3nn[nH]n3)cc2)C(=O)CC(CCc2ccccc2)=N1.NCCCCC(N)C(=O)O. The summed E-state index contributed by atoms with van der Waals surface area (Å²) in [5.74, 6) is -0.146. The lowest BCUT2D eigenvalue weighted by Gasteiger charge is -2.19. The molecule has 47 heavy (non-hydrogen) atoms. The van der Waals surface area contributed by atoms with Gasteiger partial charge in [0.1, 0.15) is 6.04 Å². The molecule has 246 valence electrons. The number of aromatic nitrogens is 4. The number of unbranched alkanes of at least 4 members (excludes halogenated alkanes) is 2. The number of aromatic amines is 1. The number of tetrazole rings is 1. The lowest BCUT2D eigenvalue weighted by atomic mass is 9.90. The van der Waals surface area contributed by atoms with Gasteiger partial charge in [0.05, 0.1) is 0 Å². The molecule has 1 aliphatic heterocycles. The number of carboxylic acid groups (broad SMARTS) is 1. The van der Waals surface area contributed by atoms with Crippen LogP contribution < -0.4 is 11.5 Å². The molecule has 2 heterocycles. The molecule has 10 heteroatoms. The van der Waals surface area contributed by atoms with Crippen LogP contribution in [-0.4, -0.2) is 55.8 Å². The number of aliphatic carboxylic acids is 1. The third kappa shape index (κ3) is 10.6. The minimum Gasteiger partial charge on any atom is -0.480 e. The average molecular weight is 636 g/mol. The summed E-state index contributed by atoms with van der Waals surface area (Å²) >= 11 is 0. The quantitative estimate of drug-likeness (QED) is 0.114. The van der Waals surface area contributed by atoms with Crippen molar-refractivity contribution < 1.29 is 14.7 Å². The molecule has 1 aromatic heterocycles. The van der Waals surface area contributed by atoms with E-state index >= 15 is 0 Å². The first kappa shape index (κ1) is 35.1. The summed E-state index contributed by atoms with van der Waals surface area (Å²) in [5.41, 5.74) is 18.7. The number of nitrogens with zero attached hydrogens (tertiary/aromatic N) is 4. The van der Waals surface area contributed by atoms with Crippen molar-refractivity contribution in [3.63, 3.8) is 0 Å². The number of Topliss-reactive ketones (excluding diaryl/α,β-unsaturated/α-hetero) is 1. The Morgan fingerprint density at radius 2 is 1.62 bits per heavy atom. The number of aliphatic imine (C=N–C) groups is 1. The van der Waals surface area contributed by atoms with Crippen molar-refractivity contribution >= 4 is 17.5 Å². The van der Waals surface area contributed by atoms with Crippen LogP contribution in [0.2, 0.25) is 0 Å². The van der Waals surface area contributed by atoms with E-state index in [1.54, 1.807) is 0 Å². The van der Waals surface area contributed by atoms with Gasteiger partial charge in [-0.1, -0.05) is 98.6 Å². The Balaban J connectivity index is 0.000000434. The molecule has 1 atom stereocenters. The van der Waals surface area contributed by atoms with Gasteiger partial charge in [-0.3, -0.25) is 14.6 Å². The highest BCUT2D eigenvalue weighted by atomic mass is 16.4. The van der Waals surface area contributed by atoms with Crippen LogP contribution in [0.5, 0.6) is 0 Å². The summed E-state index contributed by atoms with van der Waals surface area (Å²) in [4.78, 5) is 28.5. The molecule has 0 amide bonds. The Labute approximate surface area is 276 Å². The minimum absolute atomic E-state index is 0.218. The number of allylic oxidation sites excluding steroid dienone is 2. The number of hydrogen-bond acceptors (Lipinski definition) is 8. The first-order chi connectivity index (χ1) is 22.9. The zero-order chi connectivity index (χ0) is 33.4. The van der Waals surface area contributed by atoms with Crippen LogP contribution in [0.4, 0.5) is 0 Å². The van der Waals surface area contributed by atoms with Crippen LogP contribution in [0.1, 0.15) is 69.4 Å². The van der Waals surface area contributed by atoms with E-state index in [1.807, 2.05) is 24.3 Å². The summed E-state index contributed by atoms with van der Waals surface area (Å²) < 4.78 is 0. The van der Waals surface area contributed by atoms with E-state index in [9.17, 15) is 9.59 Å². The van der Waals surface area contributed by atoms with Crippen molar-refractivity contribution in [1.29, 1.82) is 0 Å². The number of H-pyrrole nitrogens is 1. The number of aryl methyl sites for hydroxylation is 1. The van der Waals surface area contributed by atoms with Crippen molar-refractivity contribution in [2.75, 3.05) is 6.54 Å². The number of nitrogens with two attached hydrogens (primary N) is 2. The molecule has 0 fully saturated rings. The van der Waals surface area contributed by atoms with Crippen molar-refractivity contribution in [3.8, 4) is 22.5 Å². The number of carbonyl (C=O) groups excluding carboxylic acids is 1. The summed E-state index contributed by atoms with van der Waals surface area (Å²) in [5, 5.41) is 22.8. The fourth-order valence-electron chi connectivity index (χ4n) is 5.42. The molecule has 1 aliphatic rings. The molecule has 1 unspecified atom stereocenters. The molecule has 4 aromatic rings. The molecule has 0 bridgehead atoms. The number of benzene rings is 3. The number of carbonyl (C=O) groups is 2. The second-order valence-electron chi connectivity index (χ2n) is 11.7. The molecule has 10 nitrogen and oxygen atoms in total. The summed E-state index contributed by atoms with van der Waals surface area (Å²) in [6, 6.07) is 26.1. The van der Waals surface area contributed by atoms with Crippen molar-refractivity contribution in [1.82, 2.24) is 20.6 Å². The van der Waals surface area contributed by atoms with Crippen molar-refractivity contribution in [2.24, 2.45) is 16.5 Å². The van der Waals surface area contributed by atoms with E-state index in [-0.39, 0.29) is 5.78 Å². The highest BCUT2D eigenvalue weighted by molar-refractivity contribution is 6.12. The van der Waals surface area contributed by atoms with Crippen LogP contribution in [0.3, 0.4) is 0 Å². The summed E-state index contributed by atoms with van der Waals surface area (Å²) in [7, 11) is 0. The second-order valence-corrected chi connectivity index (χ2v) is 11.7. The smallest absolute Gasteiger partial charge is 0.320 e. The number of hydrogen-bond donors (Lipinski definition) is 4. The lowest BCUT2D eigenvalue weighted by molar-refractivity contribution is -0.138. The first-order valence-electron chi connectivity index (χ1n) is 16.4. The Hall–Kier alpha value is -4.80. The Morgan fingerprint density at radius 3 is 2.28 bits per heavy atom. The van der Waals surface area contributed by atoms with Gasteiger partial charge in [-0.15, -0.1) is 10.2 Å². The zero-order valence-corrected chi connectivity index (χ0v) is 27.1. The van der Waals surface area contributed by atoms with Crippen LogP contribution in [0, 0.1) is 0 Å². The third-order valence-corrected chi connectivity index (χ3v) is 8.10. The van der Waals surface area contributed by atoms with Gasteiger partial charge < -0.3 is 16.6 Å². The highest BCUT2D eigenvalue weighted by Gasteiger charge is 2.23. The molecular formula is C37H45N7O3. The predicted molar refractivity (Wildman–Crippen MR) is 186 cm³/mol. The second kappa shape index (κ2) is 18.4. The van der Waals surface area contributed by atoms with E-state index in [1.165, 1.54) is 5.56 Å². The van der Waals surface area contributed by atoms with Crippen LogP contribution in [0.25, 0.3) is 22.5 Å². The van der Waals surface area contributed by atoms with E-state index in [2.05, 4.69) is 82.1 Å². The normalized spacial score (nSPS) is 13.5. The number of nitrogens with one attached hydrogen (secondary N) is 1. The van der Waals surface area contributed by atoms with Crippen molar-refractivity contribution in [3.05, 3.63) is 101 Å². The van der Waals surface area contributed by atoms with Crippen LogP contribution in [-0.2, 0) is 22.4 Å². The zero-order valence-electron chi connectivity index (χ0n) is 27.1. The summed E-state index contributed by atoms with van der Waals surface area (Å²) in [6.07, 6.45) is 7.90. The third-order valence-electron chi connectivity index (χ3n) is 8.10. The first-order valence-corrected chi connectivity index (χ1v) is 16.4. The van der Waals surface area contributed by atoms with E-state index < -0.39 is 12.0 Å². The predicted octanol–water partition coefficient (Wildman–Crippen LogP) is 6.09. The fourth-order valence-corrected chi connectivity index (χ4v) is 5.42. The van der Waals surface area contributed by atoms with Crippen LogP contribution in [0.15, 0.2) is 95.1 Å². The van der Waals surface area contributed by atoms with E-state index in [0.717, 1.165) is 84.2 Å². The van der Waals surface area contributed by atoms with Gasteiger partial charge in [0.15, 0.2) is 5.78 Å². The number of carboxylic acids is 1. The standard InChI is InChI=1S/C31H31N5O.C6H14N2O2/c1-2-3-13-29-28(30(37)21-25(32-29)19-16-22-9-5-4-6-10-22)20-23-14-17-24(18-15-23)26-11-7-8-12-27(26)31-33-35-36-34-31;7-4-2-1-3-5(8)6(9)10/h4-12,14-15,17-18H,2-3,13,16,19-21H2,1H3,(H,33,34,35,36);5H,1-4,7-8H2,(H,9,10). The van der Waals surface area contributed by atoms with Crippen LogP contribution >= 0.6 is 0 Å². The average Bonchev–Trinajstić information content (AvgIpc) is 3.64. The lowest BCUT2D eigenvalue weighted by Crippen LogP contribution is -2.29. The largest absolute Gasteiger partial charge is 0.480 e. The van der Waals surface area contributed by atoms with Gasteiger partial charge in [0, 0.05) is 35.4 Å². The molecular weight excluding hydrogens is 590 g/mol. The van der Waals surface area contributed by atoms with Gasteiger partial charge in [0.2, 0.25) is 5.82 Å². The van der Waals surface area contributed by atoms with E-state index in [0.29, 0.717) is 31.6 Å². The Morgan fingerprint density at radius 1 is 0.894 bits per heavy atom. The molecule has 5 rings (SSSR count). The number of rotatable bonds is 15. The van der Waals surface area contributed by atoms with Gasteiger partial charge in [0.25, 0.3) is 0 Å². The molecule has 0 aliphatic carbocycles. The Bertz CT molecular complexity index is 1630. The Kier molecular flexibility index (Phi) is 13.7. The molecule has 6 N–H and O–H groups in total. The molecule has 0 spiro atoms. The molecule has 0 saturated carbocycles. The topological polar surface area (TPSA) is 173 Å². The molecule has 3 aromatic carbocycles. The monoisotopic (exact) mass is 635 g/mol. The maximum atomic E-state index is 13.3. The van der Waals surface area contributed by atoms with Crippen molar-refractivity contribution in [2.45, 2.75) is 77.2 Å². The summed E-state index contributed by atoms with van der Waals surface area (Å²) in [6.45, 7) is 2.78. The van der Waals surface area contributed by atoms with Gasteiger partial charge >= 0.3 is 5.97 Å². The van der Waals surface area contributed by atoms with Gasteiger partial charge in [-0.25, -0.2) is 0 Å². The minimum atomic E-state index is -0.933.